The Labute approximate surface area is 230 Å². The average Bonchev–Trinajstić information content (AvgIpc) is 3.37. The molecule has 3 saturated heterocycles. The molecular weight excluding hydrogens is 527 g/mol. The molecule has 2 aromatic rings. The highest BCUT2D eigenvalue weighted by molar-refractivity contribution is 6.30. The Morgan fingerprint density at radius 2 is 1.62 bits per heavy atom. The Morgan fingerprint density at radius 1 is 0.974 bits per heavy atom. The Kier molecular flexibility index (Phi) is 7.74. The quantitative estimate of drug-likeness (QED) is 0.571. The lowest BCUT2D eigenvalue weighted by Crippen LogP contribution is -2.59. The minimum atomic E-state index is -0.602. The van der Waals surface area contributed by atoms with E-state index in [0.717, 1.165) is 5.56 Å². The molecule has 0 aliphatic carbocycles. The summed E-state index contributed by atoms with van der Waals surface area (Å²) in [6, 6.07) is 11.8. The van der Waals surface area contributed by atoms with Crippen molar-refractivity contribution in [2.75, 3.05) is 33.2 Å². The fourth-order valence-electron chi connectivity index (χ4n) is 5.54. The first-order valence-corrected chi connectivity index (χ1v) is 13.4. The molecule has 0 radical (unpaired) electrons. The maximum atomic E-state index is 13.6. The van der Waals surface area contributed by atoms with Gasteiger partial charge < -0.3 is 24.8 Å². The summed E-state index contributed by atoms with van der Waals surface area (Å²) < 4.78 is 18.7. The number of piperidine rings is 1. The zero-order valence-corrected chi connectivity index (χ0v) is 22.3. The van der Waals surface area contributed by atoms with Crippen LogP contribution >= 0.6 is 11.6 Å². The predicted octanol–water partition coefficient (Wildman–Crippen LogP) is 3.03. The third kappa shape index (κ3) is 5.85. The Morgan fingerprint density at radius 3 is 2.23 bits per heavy atom. The number of β-lactam (4-membered cyclic amide) rings is 1. The number of hydrogen-bond donors (Lipinski definition) is 1. The minimum Gasteiger partial charge on any atom is -0.410 e. The second-order valence-corrected chi connectivity index (χ2v) is 10.8. The molecule has 0 saturated carbocycles. The smallest absolute Gasteiger partial charge is 0.410 e. The topological polar surface area (TPSA) is 99.3 Å². The van der Waals surface area contributed by atoms with Crippen LogP contribution in [0.15, 0.2) is 48.5 Å². The summed E-state index contributed by atoms with van der Waals surface area (Å²) in [5.74, 6) is -0.812. The normalized spacial score (nSPS) is 23.2. The number of amides is 4. The van der Waals surface area contributed by atoms with Gasteiger partial charge in [0.25, 0.3) is 0 Å². The van der Waals surface area contributed by atoms with Crippen molar-refractivity contribution in [3.63, 3.8) is 0 Å². The lowest BCUT2D eigenvalue weighted by molar-refractivity contribution is -0.146. The van der Waals surface area contributed by atoms with Crippen LogP contribution in [0.25, 0.3) is 0 Å². The van der Waals surface area contributed by atoms with E-state index in [1.807, 2.05) is 12.1 Å². The number of carbonyl (C=O) groups is 4. The molecule has 0 aromatic heterocycles. The summed E-state index contributed by atoms with van der Waals surface area (Å²) >= 11 is 6.10. The third-order valence-corrected chi connectivity index (χ3v) is 8.13. The predicted molar refractivity (Wildman–Crippen MR) is 141 cm³/mol. The minimum absolute atomic E-state index is 0.000751. The van der Waals surface area contributed by atoms with Gasteiger partial charge >= 0.3 is 6.09 Å². The summed E-state index contributed by atoms with van der Waals surface area (Å²) in [5.41, 5.74) is 0.948. The van der Waals surface area contributed by atoms with E-state index in [1.54, 1.807) is 29.0 Å². The Hall–Kier alpha value is -3.66. The van der Waals surface area contributed by atoms with Crippen LogP contribution in [0, 0.1) is 11.7 Å². The van der Waals surface area contributed by atoms with Gasteiger partial charge in [0.05, 0.1) is 12.5 Å². The van der Waals surface area contributed by atoms with Gasteiger partial charge in [-0.2, -0.15) is 0 Å². The van der Waals surface area contributed by atoms with Gasteiger partial charge in [-0.25, -0.2) is 9.18 Å². The van der Waals surface area contributed by atoms with Crippen molar-refractivity contribution in [3.8, 4) is 5.75 Å². The molecule has 1 N–H and O–H groups in total. The number of rotatable bonds is 5. The molecule has 206 valence electrons. The van der Waals surface area contributed by atoms with Crippen molar-refractivity contribution in [1.29, 1.82) is 0 Å². The van der Waals surface area contributed by atoms with Crippen LogP contribution in [-0.2, 0) is 14.4 Å². The number of ether oxygens (including phenoxy) is 1. The number of likely N-dealkylation sites (tertiary alicyclic amines) is 2. The molecule has 5 rings (SSSR count). The van der Waals surface area contributed by atoms with E-state index < -0.39 is 18.0 Å². The van der Waals surface area contributed by atoms with E-state index in [-0.39, 0.29) is 47.8 Å². The lowest BCUT2D eigenvalue weighted by atomic mass is 9.93. The summed E-state index contributed by atoms with van der Waals surface area (Å²) in [6.45, 7) is 1.67. The van der Waals surface area contributed by atoms with Crippen LogP contribution < -0.4 is 10.1 Å². The monoisotopic (exact) mass is 556 g/mol. The SMILES string of the molecule is CN(C(=O)Oc1ccc(F)cc1)[C@@H]1CN(C(=O)C2CCN(C(=O)C3CC(=O)N3)CC2)C[C@H]1c1ccc(Cl)cc1. The van der Waals surface area contributed by atoms with Gasteiger partial charge in [-0.3, -0.25) is 14.4 Å². The van der Waals surface area contributed by atoms with E-state index in [9.17, 15) is 23.6 Å². The van der Waals surface area contributed by atoms with Crippen LogP contribution in [0.4, 0.5) is 9.18 Å². The molecule has 3 fully saturated rings. The molecule has 3 aliphatic heterocycles. The van der Waals surface area contributed by atoms with Crippen molar-refractivity contribution >= 4 is 35.4 Å². The maximum absolute atomic E-state index is 13.6. The molecule has 11 heteroatoms. The zero-order valence-electron chi connectivity index (χ0n) is 21.5. The molecular formula is C28H30ClFN4O5. The average molecular weight is 557 g/mol. The number of halogens is 2. The summed E-state index contributed by atoms with van der Waals surface area (Å²) in [7, 11) is 1.64. The van der Waals surface area contributed by atoms with Crippen molar-refractivity contribution in [2.24, 2.45) is 5.92 Å². The van der Waals surface area contributed by atoms with E-state index in [4.69, 9.17) is 16.3 Å². The number of benzene rings is 2. The standard InChI is InChI=1S/C28H30ClFN4O5/c1-32(28(38)39-21-8-6-20(30)7-9-21)24-16-34(15-22(24)17-2-4-19(29)5-3-17)26(36)18-10-12-33(13-11-18)27(37)23-14-25(35)31-23/h2-9,18,22-24H,10-16H2,1H3,(H,31,35)/t22-,23?,24+/m0/s1. The molecule has 1 unspecified atom stereocenters. The number of nitrogens with zero attached hydrogens (tertiary/aromatic N) is 3. The van der Waals surface area contributed by atoms with Gasteiger partial charge in [-0.1, -0.05) is 23.7 Å². The van der Waals surface area contributed by atoms with E-state index in [1.165, 1.54) is 29.2 Å². The molecule has 0 bridgehead atoms. The largest absolute Gasteiger partial charge is 0.415 e. The van der Waals surface area contributed by atoms with Crippen molar-refractivity contribution < 1.29 is 28.3 Å². The van der Waals surface area contributed by atoms with Crippen LogP contribution in [0.1, 0.15) is 30.7 Å². The van der Waals surface area contributed by atoms with Crippen molar-refractivity contribution in [2.45, 2.75) is 37.3 Å². The third-order valence-electron chi connectivity index (χ3n) is 7.88. The fraction of sp³-hybridized carbons (Fsp3) is 0.429. The van der Waals surface area contributed by atoms with Gasteiger partial charge in [-0.15, -0.1) is 0 Å². The lowest BCUT2D eigenvalue weighted by Gasteiger charge is -2.37. The van der Waals surface area contributed by atoms with Gasteiger partial charge in [0.15, 0.2) is 0 Å². The Bertz CT molecular complexity index is 1240. The number of carbonyl (C=O) groups excluding carboxylic acids is 4. The van der Waals surface area contributed by atoms with E-state index in [0.29, 0.717) is 44.0 Å². The second-order valence-electron chi connectivity index (χ2n) is 10.3. The number of hydrogen-bond acceptors (Lipinski definition) is 5. The molecule has 4 amide bonds. The van der Waals surface area contributed by atoms with Crippen LogP contribution in [0.3, 0.4) is 0 Å². The highest BCUT2D eigenvalue weighted by atomic mass is 35.5. The first-order chi connectivity index (χ1) is 18.7. The van der Waals surface area contributed by atoms with Gasteiger partial charge in [0.2, 0.25) is 17.7 Å². The van der Waals surface area contributed by atoms with Crippen molar-refractivity contribution in [3.05, 3.63) is 64.9 Å². The van der Waals surface area contributed by atoms with Crippen LogP contribution in [-0.4, -0.2) is 83.8 Å². The summed E-state index contributed by atoms with van der Waals surface area (Å²) in [4.78, 5) is 55.3. The number of nitrogens with one attached hydrogen (secondary N) is 1. The molecule has 3 atom stereocenters. The van der Waals surface area contributed by atoms with Gasteiger partial charge in [0.1, 0.15) is 17.6 Å². The molecule has 39 heavy (non-hydrogen) atoms. The maximum Gasteiger partial charge on any atom is 0.415 e. The highest BCUT2D eigenvalue weighted by Gasteiger charge is 2.43. The first kappa shape index (κ1) is 26.9. The first-order valence-electron chi connectivity index (χ1n) is 13.0. The fourth-order valence-corrected chi connectivity index (χ4v) is 5.67. The van der Waals surface area contributed by atoms with E-state index >= 15 is 0 Å². The van der Waals surface area contributed by atoms with Crippen LogP contribution in [0.5, 0.6) is 5.75 Å². The molecule has 2 aromatic carbocycles. The van der Waals surface area contributed by atoms with Crippen molar-refractivity contribution in [1.82, 2.24) is 20.0 Å². The van der Waals surface area contributed by atoms with Gasteiger partial charge in [0, 0.05) is 50.1 Å². The molecule has 9 nitrogen and oxygen atoms in total. The zero-order chi connectivity index (χ0) is 27.7. The molecule has 3 heterocycles. The Balaban J connectivity index is 1.26. The molecule has 0 spiro atoms. The highest BCUT2D eigenvalue weighted by Crippen LogP contribution is 2.34. The summed E-state index contributed by atoms with van der Waals surface area (Å²) in [5, 5.41) is 3.20. The van der Waals surface area contributed by atoms with E-state index in [2.05, 4.69) is 5.32 Å². The van der Waals surface area contributed by atoms with Gasteiger partial charge in [-0.05, 0) is 54.8 Å². The summed E-state index contributed by atoms with van der Waals surface area (Å²) in [6.07, 6.45) is 0.701. The number of likely N-dealkylation sites (N-methyl/N-ethyl adjacent to an activating group) is 1. The molecule has 3 aliphatic rings. The second kappa shape index (κ2) is 11.2. The van der Waals surface area contributed by atoms with Crippen LogP contribution in [0.2, 0.25) is 5.02 Å².